The summed E-state index contributed by atoms with van der Waals surface area (Å²) in [4.78, 5) is 10.8. The Morgan fingerprint density at radius 2 is 2.28 bits per heavy atom. The van der Waals surface area contributed by atoms with E-state index in [1.807, 2.05) is 30.9 Å². The predicted octanol–water partition coefficient (Wildman–Crippen LogP) is 2.04. The molecular formula is C13H15N3O2. The Morgan fingerprint density at radius 1 is 1.50 bits per heavy atom. The van der Waals surface area contributed by atoms with E-state index >= 15 is 0 Å². The van der Waals surface area contributed by atoms with Crippen LogP contribution in [0.1, 0.15) is 21.6 Å². The molecule has 0 fully saturated rings. The van der Waals surface area contributed by atoms with Gasteiger partial charge in [-0.1, -0.05) is 6.07 Å². The smallest absolute Gasteiger partial charge is 0.335 e. The van der Waals surface area contributed by atoms with Gasteiger partial charge in [0.1, 0.15) is 0 Å². The number of hydrogen-bond donors (Lipinski definition) is 2. The summed E-state index contributed by atoms with van der Waals surface area (Å²) in [6, 6.07) is 6.76. The minimum absolute atomic E-state index is 0.280. The molecule has 0 spiro atoms. The number of carboxylic acid groups (broad SMARTS) is 1. The molecule has 0 unspecified atom stereocenters. The van der Waals surface area contributed by atoms with Crippen molar-refractivity contribution >= 4 is 11.7 Å². The maximum Gasteiger partial charge on any atom is 0.335 e. The molecule has 0 bridgehead atoms. The zero-order chi connectivity index (χ0) is 13.1. The molecule has 1 heterocycles. The van der Waals surface area contributed by atoms with Crippen LogP contribution >= 0.6 is 0 Å². The van der Waals surface area contributed by atoms with Gasteiger partial charge in [0.05, 0.1) is 11.8 Å². The van der Waals surface area contributed by atoms with Crippen molar-refractivity contribution in [3.05, 3.63) is 47.3 Å². The van der Waals surface area contributed by atoms with E-state index in [-0.39, 0.29) is 5.56 Å². The monoisotopic (exact) mass is 245 g/mol. The molecular weight excluding hydrogens is 230 g/mol. The predicted molar refractivity (Wildman–Crippen MR) is 68.7 cm³/mol. The van der Waals surface area contributed by atoms with Crippen LogP contribution in [0, 0.1) is 6.92 Å². The first kappa shape index (κ1) is 12.2. The third kappa shape index (κ3) is 2.51. The quantitative estimate of drug-likeness (QED) is 0.865. The molecule has 2 N–H and O–H groups in total. The lowest BCUT2D eigenvalue weighted by Crippen LogP contribution is -2.03. The van der Waals surface area contributed by atoms with Crippen molar-refractivity contribution in [3.8, 4) is 0 Å². The van der Waals surface area contributed by atoms with Crippen LogP contribution in [0.25, 0.3) is 0 Å². The van der Waals surface area contributed by atoms with Crippen LogP contribution < -0.4 is 5.32 Å². The van der Waals surface area contributed by atoms with Gasteiger partial charge in [0.2, 0.25) is 0 Å². The number of aromatic nitrogens is 2. The molecule has 0 aliphatic heterocycles. The molecule has 94 valence electrons. The number of hydrogen-bond acceptors (Lipinski definition) is 3. The molecule has 5 heteroatoms. The normalized spacial score (nSPS) is 10.3. The van der Waals surface area contributed by atoms with E-state index in [0.717, 1.165) is 16.9 Å². The minimum Gasteiger partial charge on any atom is -0.478 e. The van der Waals surface area contributed by atoms with Crippen molar-refractivity contribution in [2.75, 3.05) is 5.32 Å². The number of nitrogens with zero attached hydrogens (tertiary/aromatic N) is 2. The number of benzene rings is 1. The zero-order valence-corrected chi connectivity index (χ0v) is 10.3. The molecule has 2 rings (SSSR count). The summed E-state index contributed by atoms with van der Waals surface area (Å²) in [5.74, 6) is -0.920. The summed E-state index contributed by atoms with van der Waals surface area (Å²) in [5, 5.41) is 16.3. The molecule has 0 aliphatic rings. The molecule has 1 aromatic carbocycles. The lowest BCUT2D eigenvalue weighted by molar-refractivity contribution is 0.0697. The Bertz CT molecular complexity index is 575. The van der Waals surface area contributed by atoms with Gasteiger partial charge in [-0.25, -0.2) is 4.79 Å². The first-order chi connectivity index (χ1) is 8.58. The van der Waals surface area contributed by atoms with Gasteiger partial charge in [-0.2, -0.15) is 5.10 Å². The second kappa shape index (κ2) is 4.91. The average Bonchev–Trinajstić information content (AvgIpc) is 2.68. The maximum absolute atomic E-state index is 10.8. The van der Waals surface area contributed by atoms with Gasteiger partial charge >= 0.3 is 5.97 Å². The van der Waals surface area contributed by atoms with Gasteiger partial charge in [-0.05, 0) is 25.1 Å². The summed E-state index contributed by atoms with van der Waals surface area (Å²) in [5.41, 5.74) is 3.26. The Labute approximate surface area is 105 Å². The third-order valence-electron chi connectivity index (χ3n) is 2.93. The van der Waals surface area contributed by atoms with Crippen LogP contribution in [0.15, 0.2) is 30.5 Å². The van der Waals surface area contributed by atoms with Gasteiger partial charge < -0.3 is 10.4 Å². The third-order valence-corrected chi connectivity index (χ3v) is 2.93. The Kier molecular flexibility index (Phi) is 3.32. The van der Waals surface area contributed by atoms with E-state index in [4.69, 9.17) is 5.11 Å². The molecule has 5 nitrogen and oxygen atoms in total. The number of anilines is 1. The Hall–Kier alpha value is -2.30. The van der Waals surface area contributed by atoms with Crippen molar-refractivity contribution in [1.29, 1.82) is 0 Å². The Balaban J connectivity index is 2.08. The molecule has 2 aromatic rings. The average molecular weight is 245 g/mol. The van der Waals surface area contributed by atoms with Crippen LogP contribution in [-0.4, -0.2) is 20.9 Å². The van der Waals surface area contributed by atoms with Gasteiger partial charge in [0.15, 0.2) is 0 Å². The van der Waals surface area contributed by atoms with Crippen molar-refractivity contribution in [2.45, 2.75) is 13.5 Å². The highest BCUT2D eigenvalue weighted by molar-refractivity contribution is 5.88. The molecule has 0 aliphatic carbocycles. The minimum atomic E-state index is -0.920. The first-order valence-electron chi connectivity index (χ1n) is 5.62. The summed E-state index contributed by atoms with van der Waals surface area (Å²) >= 11 is 0. The fourth-order valence-corrected chi connectivity index (χ4v) is 1.68. The van der Waals surface area contributed by atoms with E-state index < -0.39 is 5.97 Å². The van der Waals surface area contributed by atoms with Crippen molar-refractivity contribution in [1.82, 2.24) is 9.78 Å². The van der Waals surface area contributed by atoms with Gasteiger partial charge in [-0.3, -0.25) is 4.68 Å². The highest BCUT2D eigenvalue weighted by Gasteiger charge is 2.05. The number of nitrogens with one attached hydrogen (secondary N) is 1. The summed E-state index contributed by atoms with van der Waals surface area (Å²) < 4.78 is 1.81. The SMILES string of the molecule is Cc1c(CNc2cccc(C(=O)O)c2)cnn1C. The Morgan fingerprint density at radius 3 is 2.89 bits per heavy atom. The van der Waals surface area contributed by atoms with Crippen LogP contribution in [-0.2, 0) is 13.6 Å². The van der Waals surface area contributed by atoms with Crippen LogP contribution in [0.2, 0.25) is 0 Å². The molecule has 0 saturated heterocycles. The summed E-state index contributed by atoms with van der Waals surface area (Å²) in [6.07, 6.45) is 1.81. The van der Waals surface area contributed by atoms with E-state index in [1.54, 1.807) is 18.2 Å². The van der Waals surface area contributed by atoms with E-state index in [9.17, 15) is 4.79 Å². The summed E-state index contributed by atoms with van der Waals surface area (Å²) in [7, 11) is 1.89. The van der Waals surface area contributed by atoms with Gasteiger partial charge in [-0.15, -0.1) is 0 Å². The highest BCUT2D eigenvalue weighted by atomic mass is 16.4. The van der Waals surface area contributed by atoms with Crippen LogP contribution in [0.4, 0.5) is 5.69 Å². The largest absolute Gasteiger partial charge is 0.478 e. The number of carboxylic acids is 1. The second-order valence-corrected chi connectivity index (χ2v) is 4.12. The summed E-state index contributed by atoms with van der Waals surface area (Å²) in [6.45, 7) is 2.63. The number of aryl methyl sites for hydroxylation is 1. The van der Waals surface area contributed by atoms with Gasteiger partial charge in [0, 0.05) is 30.5 Å². The molecule has 0 amide bonds. The van der Waals surface area contributed by atoms with E-state index in [0.29, 0.717) is 6.54 Å². The standard InChI is InChI=1S/C13H15N3O2/c1-9-11(8-15-16(9)2)7-14-12-5-3-4-10(6-12)13(17)18/h3-6,8,14H,7H2,1-2H3,(H,17,18). The number of aromatic carboxylic acids is 1. The second-order valence-electron chi connectivity index (χ2n) is 4.12. The topological polar surface area (TPSA) is 67.2 Å². The highest BCUT2D eigenvalue weighted by Crippen LogP contribution is 2.13. The molecule has 0 radical (unpaired) electrons. The van der Waals surface area contributed by atoms with Crippen molar-refractivity contribution in [3.63, 3.8) is 0 Å². The molecule has 18 heavy (non-hydrogen) atoms. The van der Waals surface area contributed by atoms with Crippen LogP contribution in [0.3, 0.4) is 0 Å². The van der Waals surface area contributed by atoms with Gasteiger partial charge in [0.25, 0.3) is 0 Å². The van der Waals surface area contributed by atoms with E-state index in [2.05, 4.69) is 10.4 Å². The molecule has 1 aromatic heterocycles. The fourth-order valence-electron chi connectivity index (χ4n) is 1.68. The molecule has 0 atom stereocenters. The zero-order valence-electron chi connectivity index (χ0n) is 10.3. The lowest BCUT2D eigenvalue weighted by Gasteiger charge is -2.06. The van der Waals surface area contributed by atoms with Crippen molar-refractivity contribution < 1.29 is 9.90 Å². The first-order valence-corrected chi connectivity index (χ1v) is 5.62. The van der Waals surface area contributed by atoms with E-state index in [1.165, 1.54) is 0 Å². The number of carbonyl (C=O) groups is 1. The lowest BCUT2D eigenvalue weighted by atomic mass is 10.2. The molecule has 0 saturated carbocycles. The van der Waals surface area contributed by atoms with Crippen molar-refractivity contribution in [2.24, 2.45) is 7.05 Å². The maximum atomic E-state index is 10.8. The fraction of sp³-hybridized carbons (Fsp3) is 0.231. The van der Waals surface area contributed by atoms with Crippen LogP contribution in [0.5, 0.6) is 0 Å². The number of rotatable bonds is 4.